The summed E-state index contributed by atoms with van der Waals surface area (Å²) in [4.78, 5) is 38.2. The molecule has 71 heavy (non-hydrogen) atoms. The van der Waals surface area contributed by atoms with Gasteiger partial charge in [-0.2, -0.15) is 0 Å². The van der Waals surface area contributed by atoms with Gasteiger partial charge in [0, 0.05) is 19.3 Å². The smallest absolute Gasteiger partial charge is 0.306 e. The van der Waals surface area contributed by atoms with Crippen LogP contribution in [-0.2, 0) is 28.6 Å². The number of ether oxygens (including phenoxy) is 3. The third-order valence-electron chi connectivity index (χ3n) is 12.8. The summed E-state index contributed by atoms with van der Waals surface area (Å²) in [6.45, 7) is 6.55. The van der Waals surface area contributed by atoms with Crippen LogP contribution in [0.15, 0.2) is 85.1 Å². The third-order valence-corrected chi connectivity index (χ3v) is 12.8. The molecular formula is C65H112O6. The highest BCUT2D eigenvalue weighted by molar-refractivity contribution is 5.71. The largest absolute Gasteiger partial charge is 0.462 e. The molecule has 0 rings (SSSR count). The molecule has 0 aliphatic heterocycles. The molecule has 6 heteroatoms. The summed E-state index contributed by atoms with van der Waals surface area (Å²) in [6, 6.07) is 0. The van der Waals surface area contributed by atoms with Gasteiger partial charge in [-0.25, -0.2) is 0 Å². The van der Waals surface area contributed by atoms with Crippen LogP contribution in [-0.4, -0.2) is 37.2 Å². The van der Waals surface area contributed by atoms with Gasteiger partial charge in [0.15, 0.2) is 6.10 Å². The van der Waals surface area contributed by atoms with Crippen molar-refractivity contribution in [1.29, 1.82) is 0 Å². The maximum absolute atomic E-state index is 12.9. The van der Waals surface area contributed by atoms with Gasteiger partial charge in [0.1, 0.15) is 13.2 Å². The van der Waals surface area contributed by atoms with Gasteiger partial charge < -0.3 is 14.2 Å². The quantitative estimate of drug-likeness (QED) is 0.0261. The summed E-state index contributed by atoms with van der Waals surface area (Å²) in [6.07, 6.45) is 77.2. The van der Waals surface area contributed by atoms with Crippen molar-refractivity contribution in [3.05, 3.63) is 85.1 Å². The van der Waals surface area contributed by atoms with Crippen LogP contribution < -0.4 is 0 Å². The summed E-state index contributed by atoms with van der Waals surface area (Å²) >= 11 is 0. The lowest BCUT2D eigenvalue weighted by Gasteiger charge is -2.18. The van der Waals surface area contributed by atoms with Crippen LogP contribution in [0.2, 0.25) is 0 Å². The SMILES string of the molecule is CCCC/C=C\CCCCCCCC(=O)OCC(COC(=O)CCCCCCCCCC/C=C\C/C=C\C/C=C\CCCCCCC)OC(=O)CCCCCCCC/C=C\C/C=C\C/C=C\CCCCC. The Balaban J connectivity index is 4.35. The molecule has 0 aromatic heterocycles. The Morgan fingerprint density at radius 3 is 0.873 bits per heavy atom. The first-order valence-electron chi connectivity index (χ1n) is 30.1. The zero-order chi connectivity index (χ0) is 51.4. The molecule has 0 saturated carbocycles. The van der Waals surface area contributed by atoms with E-state index in [1.165, 1.54) is 141 Å². The highest BCUT2D eigenvalue weighted by Crippen LogP contribution is 2.15. The summed E-state index contributed by atoms with van der Waals surface area (Å²) in [5.41, 5.74) is 0. The van der Waals surface area contributed by atoms with E-state index in [0.29, 0.717) is 19.3 Å². The van der Waals surface area contributed by atoms with Gasteiger partial charge in [0.05, 0.1) is 0 Å². The fourth-order valence-corrected chi connectivity index (χ4v) is 8.26. The number of rotatable bonds is 54. The van der Waals surface area contributed by atoms with Gasteiger partial charge in [-0.05, 0) is 116 Å². The summed E-state index contributed by atoms with van der Waals surface area (Å²) < 4.78 is 16.9. The monoisotopic (exact) mass is 989 g/mol. The highest BCUT2D eigenvalue weighted by atomic mass is 16.6. The summed E-state index contributed by atoms with van der Waals surface area (Å²) in [5, 5.41) is 0. The van der Waals surface area contributed by atoms with E-state index in [-0.39, 0.29) is 31.1 Å². The number of allylic oxidation sites excluding steroid dienone is 14. The van der Waals surface area contributed by atoms with Crippen molar-refractivity contribution in [2.24, 2.45) is 0 Å². The molecule has 6 nitrogen and oxygen atoms in total. The first-order valence-corrected chi connectivity index (χ1v) is 30.1. The lowest BCUT2D eigenvalue weighted by Crippen LogP contribution is -2.30. The van der Waals surface area contributed by atoms with E-state index >= 15 is 0 Å². The van der Waals surface area contributed by atoms with E-state index in [1.807, 2.05) is 0 Å². The van der Waals surface area contributed by atoms with Crippen molar-refractivity contribution in [3.63, 3.8) is 0 Å². The Labute approximate surface area is 439 Å². The van der Waals surface area contributed by atoms with E-state index in [1.54, 1.807) is 0 Å². The minimum absolute atomic E-state index is 0.0884. The molecule has 1 unspecified atom stereocenters. The van der Waals surface area contributed by atoms with Gasteiger partial charge in [0.25, 0.3) is 0 Å². The van der Waals surface area contributed by atoms with Gasteiger partial charge >= 0.3 is 17.9 Å². The molecule has 0 saturated heterocycles. The van der Waals surface area contributed by atoms with Gasteiger partial charge in [-0.3, -0.25) is 14.4 Å². The number of hydrogen-bond acceptors (Lipinski definition) is 6. The van der Waals surface area contributed by atoms with E-state index < -0.39 is 6.10 Å². The Kier molecular flexibility index (Phi) is 56.3. The maximum atomic E-state index is 12.9. The molecule has 1 atom stereocenters. The van der Waals surface area contributed by atoms with Crippen LogP contribution in [0, 0.1) is 0 Å². The van der Waals surface area contributed by atoms with Gasteiger partial charge in [-0.15, -0.1) is 0 Å². The van der Waals surface area contributed by atoms with Gasteiger partial charge in [0.2, 0.25) is 0 Å². The number of unbranched alkanes of at least 4 members (excludes halogenated alkanes) is 29. The average molecular weight is 990 g/mol. The van der Waals surface area contributed by atoms with Crippen LogP contribution in [0.25, 0.3) is 0 Å². The average Bonchev–Trinajstić information content (AvgIpc) is 3.37. The zero-order valence-corrected chi connectivity index (χ0v) is 46.7. The second-order valence-corrected chi connectivity index (χ2v) is 19.9. The molecule has 0 radical (unpaired) electrons. The highest BCUT2D eigenvalue weighted by Gasteiger charge is 2.19. The Bertz CT molecular complexity index is 1370. The second-order valence-electron chi connectivity index (χ2n) is 19.9. The minimum atomic E-state index is -0.791. The van der Waals surface area contributed by atoms with Crippen LogP contribution in [0.5, 0.6) is 0 Å². The summed E-state index contributed by atoms with van der Waals surface area (Å²) in [7, 11) is 0. The molecule has 0 aliphatic carbocycles. The molecule has 0 spiro atoms. The topological polar surface area (TPSA) is 78.9 Å². The molecule has 0 bridgehead atoms. The van der Waals surface area contributed by atoms with Crippen molar-refractivity contribution >= 4 is 17.9 Å². The first-order chi connectivity index (χ1) is 35.0. The Morgan fingerprint density at radius 2 is 0.521 bits per heavy atom. The molecule has 0 aliphatic rings. The fourth-order valence-electron chi connectivity index (χ4n) is 8.26. The predicted molar refractivity (Wildman–Crippen MR) is 307 cm³/mol. The fraction of sp³-hybridized carbons (Fsp3) is 0.738. The Morgan fingerprint density at radius 1 is 0.282 bits per heavy atom. The van der Waals surface area contributed by atoms with Crippen molar-refractivity contribution in [2.45, 2.75) is 297 Å². The normalized spacial score (nSPS) is 12.7. The zero-order valence-electron chi connectivity index (χ0n) is 46.7. The Hall–Kier alpha value is -3.41. The standard InChI is InChI=1S/C65H112O6/c1-4-7-10-13-16-19-22-24-26-28-30-31-32-33-35-36-38-40-43-46-49-52-55-58-64(67)70-61-62(60-69-63(66)57-54-51-48-45-42-21-18-15-12-9-6-3)71-65(68)59-56-53-50-47-44-41-39-37-34-29-27-25-23-20-17-14-11-8-5-2/h15,17-18,20,22,24-25,27-28,30,32-34,37,62H,4-14,16,19,21,23,26,29,31,35-36,38-61H2,1-3H3/b18-15-,20-17-,24-22-,27-25-,30-28-,33-32-,37-34-. The van der Waals surface area contributed by atoms with E-state index in [2.05, 4.69) is 106 Å². The molecular weight excluding hydrogens is 877 g/mol. The molecule has 0 N–H and O–H groups in total. The summed E-state index contributed by atoms with van der Waals surface area (Å²) in [5.74, 6) is -0.912. The molecule has 0 heterocycles. The van der Waals surface area contributed by atoms with Crippen molar-refractivity contribution < 1.29 is 28.6 Å². The molecule has 0 amide bonds. The lowest BCUT2D eigenvalue weighted by molar-refractivity contribution is -0.167. The van der Waals surface area contributed by atoms with Crippen molar-refractivity contribution in [1.82, 2.24) is 0 Å². The van der Waals surface area contributed by atoms with E-state index in [4.69, 9.17) is 14.2 Å². The minimum Gasteiger partial charge on any atom is -0.462 e. The number of carbonyl (C=O) groups is 3. The van der Waals surface area contributed by atoms with Crippen LogP contribution in [0.4, 0.5) is 0 Å². The van der Waals surface area contributed by atoms with Crippen molar-refractivity contribution in [2.75, 3.05) is 13.2 Å². The maximum Gasteiger partial charge on any atom is 0.306 e. The number of esters is 3. The van der Waals surface area contributed by atoms with Crippen LogP contribution in [0.3, 0.4) is 0 Å². The van der Waals surface area contributed by atoms with E-state index in [0.717, 1.165) is 109 Å². The van der Waals surface area contributed by atoms with E-state index in [9.17, 15) is 14.4 Å². The number of hydrogen-bond donors (Lipinski definition) is 0. The first kappa shape index (κ1) is 67.6. The molecule has 408 valence electrons. The predicted octanol–water partition coefficient (Wildman–Crippen LogP) is 20.3. The molecule has 0 aromatic carbocycles. The van der Waals surface area contributed by atoms with Crippen LogP contribution in [0.1, 0.15) is 290 Å². The van der Waals surface area contributed by atoms with Crippen molar-refractivity contribution in [3.8, 4) is 0 Å². The molecule has 0 aromatic rings. The number of carbonyl (C=O) groups excluding carboxylic acids is 3. The third kappa shape index (κ3) is 57.4. The van der Waals surface area contributed by atoms with Crippen LogP contribution >= 0.6 is 0 Å². The lowest BCUT2D eigenvalue weighted by atomic mass is 10.1. The second kappa shape index (κ2) is 59.2. The molecule has 0 fully saturated rings. The van der Waals surface area contributed by atoms with Gasteiger partial charge in [-0.1, -0.05) is 241 Å².